The van der Waals surface area contributed by atoms with Crippen LogP contribution in [0.25, 0.3) is 5.70 Å². The molecule has 0 spiro atoms. The Morgan fingerprint density at radius 3 is 2.57 bits per heavy atom. The average Bonchev–Trinajstić information content (AvgIpc) is 2.55. The predicted molar refractivity (Wildman–Crippen MR) is 82.3 cm³/mol. The summed E-state index contributed by atoms with van der Waals surface area (Å²) in [6.07, 6.45) is 1.77. The highest BCUT2D eigenvalue weighted by atomic mass is 16.5. The zero-order valence-corrected chi connectivity index (χ0v) is 12.2. The van der Waals surface area contributed by atoms with Crippen LogP contribution in [0.4, 0.5) is 0 Å². The minimum absolute atomic E-state index is 0.498. The van der Waals surface area contributed by atoms with Crippen LogP contribution in [0.2, 0.25) is 0 Å². The molecule has 2 aromatic rings. The van der Waals surface area contributed by atoms with E-state index in [1.807, 2.05) is 49.4 Å². The highest BCUT2D eigenvalue weighted by molar-refractivity contribution is 5.69. The van der Waals surface area contributed by atoms with E-state index < -0.39 is 0 Å². The van der Waals surface area contributed by atoms with E-state index in [0.717, 1.165) is 11.1 Å². The van der Waals surface area contributed by atoms with E-state index in [4.69, 9.17) is 14.7 Å². The van der Waals surface area contributed by atoms with Crippen molar-refractivity contribution in [2.45, 2.75) is 13.5 Å². The molecule has 0 fully saturated rings. The summed E-state index contributed by atoms with van der Waals surface area (Å²) in [5.74, 6) is 1.35. The van der Waals surface area contributed by atoms with Gasteiger partial charge in [0, 0.05) is 11.6 Å². The summed E-state index contributed by atoms with van der Waals surface area (Å²) in [4.78, 5) is 0. The average molecular weight is 285 g/mol. The molecule has 2 aromatic carbocycles. The minimum Gasteiger partial charge on any atom is -0.496 e. The van der Waals surface area contributed by atoms with Gasteiger partial charge in [-0.3, -0.25) is 10.7 Å². The van der Waals surface area contributed by atoms with Gasteiger partial charge in [-0.2, -0.15) is 0 Å². The Hall–Kier alpha value is -2.46. The van der Waals surface area contributed by atoms with Crippen LogP contribution in [0.3, 0.4) is 0 Å². The number of benzene rings is 2. The number of ether oxygens (including phenoxy) is 2. The van der Waals surface area contributed by atoms with Crippen LogP contribution in [0, 0.1) is 0 Å². The molecule has 0 aliphatic carbocycles. The lowest BCUT2D eigenvalue weighted by Gasteiger charge is -2.13. The lowest BCUT2D eigenvalue weighted by molar-refractivity contribution is 0.224. The van der Waals surface area contributed by atoms with Crippen LogP contribution in [-0.2, 0) is 6.61 Å². The molecular weight excluding hydrogens is 266 g/mol. The van der Waals surface area contributed by atoms with Gasteiger partial charge in [-0.15, -0.1) is 0 Å². The Morgan fingerprint density at radius 2 is 1.95 bits per heavy atom. The first-order valence-corrected chi connectivity index (χ1v) is 6.70. The van der Waals surface area contributed by atoms with Gasteiger partial charge in [0.05, 0.1) is 12.8 Å². The van der Waals surface area contributed by atoms with Crippen molar-refractivity contribution in [3.8, 4) is 11.5 Å². The van der Waals surface area contributed by atoms with Crippen molar-refractivity contribution in [1.82, 2.24) is 5.48 Å². The molecule has 0 radical (unpaired) electrons. The second kappa shape index (κ2) is 7.36. The Balaban J connectivity index is 2.15. The van der Waals surface area contributed by atoms with Gasteiger partial charge in [0.15, 0.2) is 0 Å². The fourth-order valence-corrected chi connectivity index (χ4v) is 2.01. The summed E-state index contributed by atoms with van der Waals surface area (Å²) in [5.41, 5.74) is 4.62. The number of methoxy groups -OCH3 is 1. The number of allylic oxidation sites excluding steroid dienone is 1. The molecule has 0 saturated carbocycles. The van der Waals surface area contributed by atoms with Gasteiger partial charge in [0.2, 0.25) is 0 Å². The van der Waals surface area contributed by atoms with Gasteiger partial charge >= 0.3 is 0 Å². The molecule has 4 heteroatoms. The zero-order chi connectivity index (χ0) is 15.1. The van der Waals surface area contributed by atoms with Gasteiger partial charge in [0.1, 0.15) is 18.1 Å². The molecule has 2 N–H and O–H groups in total. The topological polar surface area (TPSA) is 50.7 Å². The number of rotatable bonds is 6. The maximum atomic E-state index is 9.12. The van der Waals surface area contributed by atoms with Crippen molar-refractivity contribution < 1.29 is 14.7 Å². The van der Waals surface area contributed by atoms with Crippen LogP contribution >= 0.6 is 0 Å². The van der Waals surface area contributed by atoms with Gasteiger partial charge in [-0.1, -0.05) is 36.4 Å². The number of hydroxylamine groups is 1. The van der Waals surface area contributed by atoms with Crippen LogP contribution in [0.5, 0.6) is 11.5 Å². The van der Waals surface area contributed by atoms with E-state index in [1.54, 1.807) is 19.3 Å². The standard InChI is InChI=1S/C17H19NO3/c1-3-16(18-19)15-10-9-14(11-17(15)20-2)21-12-13-7-5-4-6-8-13/h3-11,18-19H,12H2,1-2H3/b16-3+. The number of hydrogen-bond acceptors (Lipinski definition) is 4. The smallest absolute Gasteiger partial charge is 0.131 e. The quantitative estimate of drug-likeness (QED) is 0.796. The predicted octanol–water partition coefficient (Wildman–Crippen LogP) is 3.61. The summed E-state index contributed by atoms with van der Waals surface area (Å²) in [6, 6.07) is 15.5. The fourth-order valence-electron chi connectivity index (χ4n) is 2.01. The molecule has 110 valence electrons. The van der Waals surface area contributed by atoms with E-state index >= 15 is 0 Å². The molecule has 0 atom stereocenters. The Morgan fingerprint density at radius 1 is 1.19 bits per heavy atom. The molecule has 0 aliphatic rings. The Kier molecular flexibility index (Phi) is 5.23. The summed E-state index contributed by atoms with van der Waals surface area (Å²) in [6.45, 7) is 2.33. The third-order valence-electron chi connectivity index (χ3n) is 3.12. The first-order valence-electron chi connectivity index (χ1n) is 6.70. The molecule has 2 rings (SSSR count). The maximum absolute atomic E-state index is 9.12. The zero-order valence-electron chi connectivity index (χ0n) is 12.2. The van der Waals surface area contributed by atoms with E-state index in [2.05, 4.69) is 5.48 Å². The molecule has 0 unspecified atom stereocenters. The van der Waals surface area contributed by atoms with Crippen molar-refractivity contribution in [3.63, 3.8) is 0 Å². The van der Waals surface area contributed by atoms with E-state index in [0.29, 0.717) is 23.8 Å². The summed E-state index contributed by atoms with van der Waals surface area (Å²) >= 11 is 0. The first-order chi connectivity index (χ1) is 10.3. The fraction of sp³-hybridized carbons (Fsp3) is 0.176. The van der Waals surface area contributed by atoms with Crippen molar-refractivity contribution in [3.05, 3.63) is 65.7 Å². The maximum Gasteiger partial charge on any atom is 0.131 e. The van der Waals surface area contributed by atoms with Crippen molar-refractivity contribution in [1.29, 1.82) is 0 Å². The van der Waals surface area contributed by atoms with Gasteiger partial charge in [-0.05, 0) is 24.6 Å². The van der Waals surface area contributed by atoms with Gasteiger partial charge in [-0.25, -0.2) is 0 Å². The number of nitrogens with one attached hydrogen (secondary N) is 1. The van der Waals surface area contributed by atoms with Crippen molar-refractivity contribution >= 4 is 5.70 Å². The van der Waals surface area contributed by atoms with E-state index in [9.17, 15) is 0 Å². The molecule has 0 aliphatic heterocycles. The van der Waals surface area contributed by atoms with Gasteiger partial charge < -0.3 is 9.47 Å². The van der Waals surface area contributed by atoms with Crippen LogP contribution in [0.1, 0.15) is 18.1 Å². The molecular formula is C17H19NO3. The summed E-state index contributed by atoms with van der Waals surface area (Å²) < 4.78 is 11.1. The normalized spacial score (nSPS) is 11.1. The molecule has 4 nitrogen and oxygen atoms in total. The van der Waals surface area contributed by atoms with E-state index in [-0.39, 0.29) is 0 Å². The second-order valence-corrected chi connectivity index (χ2v) is 4.45. The van der Waals surface area contributed by atoms with Crippen molar-refractivity contribution in [2.75, 3.05) is 7.11 Å². The minimum atomic E-state index is 0.498. The van der Waals surface area contributed by atoms with Crippen LogP contribution in [-0.4, -0.2) is 12.3 Å². The molecule has 0 amide bonds. The molecule has 0 bridgehead atoms. The lowest BCUT2D eigenvalue weighted by atomic mass is 10.1. The Bertz CT molecular complexity index is 609. The highest BCUT2D eigenvalue weighted by Gasteiger charge is 2.09. The number of hydrogen-bond donors (Lipinski definition) is 2. The third kappa shape index (κ3) is 3.77. The van der Waals surface area contributed by atoms with Crippen molar-refractivity contribution in [2.24, 2.45) is 0 Å². The molecule has 0 saturated heterocycles. The second-order valence-electron chi connectivity index (χ2n) is 4.45. The summed E-state index contributed by atoms with van der Waals surface area (Å²) in [7, 11) is 1.59. The Labute approximate surface area is 124 Å². The summed E-state index contributed by atoms with van der Waals surface area (Å²) in [5, 5.41) is 9.12. The SMILES string of the molecule is C/C=C(/NO)c1ccc(OCc2ccccc2)cc1OC. The molecule has 21 heavy (non-hydrogen) atoms. The van der Waals surface area contributed by atoms with E-state index in [1.165, 1.54) is 0 Å². The van der Waals surface area contributed by atoms with Gasteiger partial charge in [0.25, 0.3) is 0 Å². The highest BCUT2D eigenvalue weighted by Crippen LogP contribution is 2.29. The first kappa shape index (κ1) is 14.9. The van der Waals surface area contributed by atoms with Crippen LogP contribution in [0.15, 0.2) is 54.6 Å². The lowest BCUT2D eigenvalue weighted by Crippen LogP contribution is -2.07. The van der Waals surface area contributed by atoms with Crippen LogP contribution < -0.4 is 15.0 Å². The largest absolute Gasteiger partial charge is 0.496 e. The monoisotopic (exact) mass is 285 g/mol. The molecule has 0 aromatic heterocycles. The molecule has 0 heterocycles. The third-order valence-corrected chi connectivity index (χ3v) is 3.12.